The molecule has 3 aromatic rings. The predicted octanol–water partition coefficient (Wildman–Crippen LogP) is 3.45. The third-order valence-electron chi connectivity index (χ3n) is 5.41. The molecule has 0 bridgehead atoms. The zero-order chi connectivity index (χ0) is 22.2. The average molecular weight is 430 g/mol. The van der Waals surface area contributed by atoms with E-state index in [4.69, 9.17) is 14.2 Å². The van der Waals surface area contributed by atoms with Crippen molar-refractivity contribution >= 4 is 23.1 Å². The van der Waals surface area contributed by atoms with E-state index < -0.39 is 17.7 Å². The van der Waals surface area contributed by atoms with E-state index in [0.717, 1.165) is 0 Å². The second-order valence-corrected chi connectivity index (χ2v) is 7.19. The van der Waals surface area contributed by atoms with Crippen molar-refractivity contribution in [1.29, 1.82) is 0 Å². The summed E-state index contributed by atoms with van der Waals surface area (Å²) in [6, 6.07) is 15.8. The lowest BCUT2D eigenvalue weighted by molar-refractivity contribution is -0.132. The van der Waals surface area contributed by atoms with Crippen LogP contribution >= 0.6 is 0 Å². The normalized spacial score (nSPS) is 18.8. The lowest BCUT2D eigenvalue weighted by Crippen LogP contribution is -2.29. The Balaban J connectivity index is 1.67. The summed E-state index contributed by atoms with van der Waals surface area (Å²) in [5.74, 6) is -0.230. The number of aliphatic hydroxyl groups excluding tert-OH is 1. The average Bonchev–Trinajstić information content (AvgIpc) is 3.41. The number of rotatable bonds is 4. The highest BCUT2D eigenvalue weighted by molar-refractivity contribution is 6.51. The molecule has 1 saturated heterocycles. The Morgan fingerprint density at radius 1 is 1.06 bits per heavy atom. The first-order chi connectivity index (χ1) is 15.6. The van der Waals surface area contributed by atoms with Gasteiger partial charge < -0.3 is 19.3 Å². The van der Waals surface area contributed by atoms with Gasteiger partial charge in [-0.15, -0.1) is 0 Å². The minimum atomic E-state index is -0.918. The Bertz CT molecular complexity index is 1240. The van der Waals surface area contributed by atoms with Crippen molar-refractivity contribution in [2.45, 2.75) is 6.04 Å². The molecule has 0 saturated carbocycles. The van der Waals surface area contributed by atoms with E-state index in [1.54, 1.807) is 66.9 Å². The molecule has 1 aromatic heterocycles. The van der Waals surface area contributed by atoms with E-state index in [1.807, 2.05) is 0 Å². The second kappa shape index (κ2) is 7.73. The largest absolute Gasteiger partial charge is 0.507 e. The molecular formula is C24H18N2O6. The molecule has 8 nitrogen and oxygen atoms in total. The van der Waals surface area contributed by atoms with Crippen LogP contribution in [0, 0.1) is 0 Å². The number of ether oxygens (including phenoxy) is 3. The standard InChI is InChI=1S/C24H18N2O6/c1-30-16-8-5-14(6-9-16)22(27)20-21(17-4-2-3-11-25-17)26(24(29)23(20)28)15-7-10-18-19(12-15)32-13-31-18/h2-12,21,27H,13H2,1H3/b22-20+. The molecule has 3 heterocycles. The number of Topliss-reactive ketones (excluding diaryl/α,β-unsaturated/α-hetero) is 1. The molecule has 5 rings (SSSR count). The van der Waals surface area contributed by atoms with Gasteiger partial charge in [-0.25, -0.2) is 0 Å². The highest BCUT2D eigenvalue weighted by Gasteiger charge is 2.47. The quantitative estimate of drug-likeness (QED) is 0.385. The summed E-state index contributed by atoms with van der Waals surface area (Å²) < 4.78 is 15.9. The number of aromatic nitrogens is 1. The number of pyridine rings is 1. The molecule has 160 valence electrons. The van der Waals surface area contributed by atoms with Crippen LogP contribution in [0.2, 0.25) is 0 Å². The predicted molar refractivity (Wildman–Crippen MR) is 115 cm³/mol. The Morgan fingerprint density at radius 2 is 1.84 bits per heavy atom. The number of ketones is 1. The molecule has 1 amide bonds. The van der Waals surface area contributed by atoms with Gasteiger partial charge >= 0.3 is 0 Å². The molecule has 0 radical (unpaired) electrons. The van der Waals surface area contributed by atoms with Crippen molar-refractivity contribution in [1.82, 2.24) is 4.98 Å². The topological polar surface area (TPSA) is 98.2 Å². The van der Waals surface area contributed by atoms with E-state index in [0.29, 0.717) is 34.2 Å². The monoisotopic (exact) mass is 430 g/mol. The maximum atomic E-state index is 13.1. The number of benzene rings is 2. The molecule has 1 unspecified atom stereocenters. The molecule has 0 spiro atoms. The lowest BCUT2D eigenvalue weighted by Gasteiger charge is -2.24. The Morgan fingerprint density at radius 3 is 2.56 bits per heavy atom. The van der Waals surface area contributed by atoms with Crippen molar-refractivity contribution < 1.29 is 28.9 Å². The van der Waals surface area contributed by atoms with Gasteiger partial charge in [-0.1, -0.05) is 6.07 Å². The van der Waals surface area contributed by atoms with Gasteiger partial charge in [0, 0.05) is 23.5 Å². The van der Waals surface area contributed by atoms with Crippen LogP contribution in [-0.2, 0) is 9.59 Å². The molecule has 2 aliphatic rings. The summed E-state index contributed by atoms with van der Waals surface area (Å²) in [4.78, 5) is 32.0. The third-order valence-corrected chi connectivity index (χ3v) is 5.41. The number of anilines is 1. The fourth-order valence-electron chi connectivity index (χ4n) is 3.86. The molecule has 0 aliphatic carbocycles. The number of amides is 1. The molecule has 1 fully saturated rings. The molecular weight excluding hydrogens is 412 g/mol. The summed E-state index contributed by atoms with van der Waals surface area (Å²) in [6.07, 6.45) is 1.57. The van der Waals surface area contributed by atoms with E-state index in [2.05, 4.69) is 4.98 Å². The maximum absolute atomic E-state index is 13.1. The zero-order valence-electron chi connectivity index (χ0n) is 17.0. The van der Waals surface area contributed by atoms with Crippen molar-refractivity contribution in [3.05, 3.63) is 83.7 Å². The number of fused-ring (bicyclic) bond motifs is 1. The van der Waals surface area contributed by atoms with Gasteiger partial charge in [0.05, 0.1) is 18.4 Å². The van der Waals surface area contributed by atoms with Crippen molar-refractivity contribution in [2.24, 2.45) is 0 Å². The van der Waals surface area contributed by atoms with E-state index in [1.165, 1.54) is 12.0 Å². The van der Waals surface area contributed by atoms with E-state index >= 15 is 0 Å². The van der Waals surface area contributed by atoms with Gasteiger partial charge in [0.2, 0.25) is 6.79 Å². The van der Waals surface area contributed by atoms with Crippen LogP contribution < -0.4 is 19.1 Å². The highest BCUT2D eigenvalue weighted by atomic mass is 16.7. The van der Waals surface area contributed by atoms with Crippen LogP contribution in [0.1, 0.15) is 17.3 Å². The molecule has 32 heavy (non-hydrogen) atoms. The summed E-state index contributed by atoms with van der Waals surface area (Å²) >= 11 is 0. The summed E-state index contributed by atoms with van der Waals surface area (Å²) in [5, 5.41) is 11.1. The van der Waals surface area contributed by atoms with Crippen LogP contribution in [0.5, 0.6) is 17.2 Å². The molecule has 1 N–H and O–H groups in total. The number of carbonyl (C=O) groups excluding carboxylic acids is 2. The maximum Gasteiger partial charge on any atom is 0.300 e. The molecule has 8 heteroatoms. The van der Waals surface area contributed by atoms with Crippen LogP contribution in [0.4, 0.5) is 5.69 Å². The number of methoxy groups -OCH3 is 1. The molecule has 1 atom stereocenters. The first-order valence-electron chi connectivity index (χ1n) is 9.84. The van der Waals surface area contributed by atoms with Gasteiger partial charge in [0.15, 0.2) is 11.5 Å². The molecule has 2 aliphatic heterocycles. The summed E-state index contributed by atoms with van der Waals surface area (Å²) in [6.45, 7) is 0.0821. The SMILES string of the molecule is COc1ccc(/C(O)=C2\C(=O)C(=O)N(c3ccc4c(c3)OCO4)C2c2ccccn2)cc1. The van der Waals surface area contributed by atoms with E-state index in [-0.39, 0.29) is 18.1 Å². The fourth-order valence-corrected chi connectivity index (χ4v) is 3.86. The van der Waals surface area contributed by atoms with Crippen LogP contribution in [0.25, 0.3) is 5.76 Å². The Labute approximate surface area is 183 Å². The van der Waals surface area contributed by atoms with Gasteiger partial charge in [-0.05, 0) is 48.5 Å². The van der Waals surface area contributed by atoms with Gasteiger partial charge in [-0.3, -0.25) is 19.5 Å². The first kappa shape index (κ1) is 19.6. The van der Waals surface area contributed by atoms with Crippen LogP contribution in [0.15, 0.2) is 72.4 Å². The van der Waals surface area contributed by atoms with Gasteiger partial charge in [-0.2, -0.15) is 0 Å². The second-order valence-electron chi connectivity index (χ2n) is 7.19. The zero-order valence-corrected chi connectivity index (χ0v) is 17.0. The van der Waals surface area contributed by atoms with Gasteiger partial charge in [0.25, 0.3) is 11.7 Å². The Kier molecular flexibility index (Phi) is 4.74. The summed E-state index contributed by atoms with van der Waals surface area (Å²) in [7, 11) is 1.53. The van der Waals surface area contributed by atoms with Gasteiger partial charge in [0.1, 0.15) is 17.6 Å². The highest BCUT2D eigenvalue weighted by Crippen LogP contribution is 2.44. The summed E-state index contributed by atoms with van der Waals surface area (Å²) in [5.41, 5.74) is 1.21. The minimum absolute atomic E-state index is 0.0449. The molecule has 2 aromatic carbocycles. The third kappa shape index (κ3) is 3.13. The van der Waals surface area contributed by atoms with Crippen molar-refractivity contribution in [2.75, 3.05) is 18.8 Å². The number of nitrogens with zero attached hydrogens (tertiary/aromatic N) is 2. The number of hydrogen-bond acceptors (Lipinski definition) is 7. The smallest absolute Gasteiger partial charge is 0.300 e. The van der Waals surface area contributed by atoms with Crippen molar-refractivity contribution in [3.8, 4) is 17.2 Å². The fraction of sp³-hybridized carbons (Fsp3) is 0.125. The number of aliphatic hydroxyl groups is 1. The van der Waals surface area contributed by atoms with Crippen LogP contribution in [0.3, 0.4) is 0 Å². The van der Waals surface area contributed by atoms with Crippen LogP contribution in [-0.4, -0.2) is 35.7 Å². The minimum Gasteiger partial charge on any atom is -0.507 e. The Hall–Kier alpha value is -4.33. The lowest BCUT2D eigenvalue weighted by atomic mass is 9.98. The number of carbonyl (C=O) groups is 2. The van der Waals surface area contributed by atoms with E-state index in [9.17, 15) is 14.7 Å². The number of hydrogen-bond donors (Lipinski definition) is 1. The van der Waals surface area contributed by atoms with Crippen molar-refractivity contribution in [3.63, 3.8) is 0 Å². The first-order valence-corrected chi connectivity index (χ1v) is 9.84.